The van der Waals surface area contributed by atoms with Crippen LogP contribution in [-0.4, -0.2) is 40.4 Å². The summed E-state index contributed by atoms with van der Waals surface area (Å²) in [5, 5.41) is 4.09. The first kappa shape index (κ1) is 18.7. The summed E-state index contributed by atoms with van der Waals surface area (Å²) >= 11 is 0. The van der Waals surface area contributed by atoms with Crippen molar-refractivity contribution in [3.05, 3.63) is 59.7 Å². The second kappa shape index (κ2) is 7.48. The minimum Gasteiger partial charge on any atom is -0.378 e. The summed E-state index contributed by atoms with van der Waals surface area (Å²) in [5.41, 5.74) is 5.30. The van der Waals surface area contributed by atoms with Gasteiger partial charge in [0.25, 0.3) is 5.91 Å². The second-order valence-electron chi connectivity index (χ2n) is 5.88. The van der Waals surface area contributed by atoms with Crippen LogP contribution >= 0.6 is 0 Å². The molecule has 0 unspecified atom stereocenters. The van der Waals surface area contributed by atoms with E-state index in [-0.39, 0.29) is 10.5 Å². The molecule has 2 aromatic carbocycles. The normalized spacial score (nSPS) is 11.9. The van der Waals surface area contributed by atoms with Gasteiger partial charge in [-0.25, -0.2) is 13.8 Å². The fourth-order valence-electron chi connectivity index (χ4n) is 2.13. The first-order valence-corrected chi connectivity index (χ1v) is 9.50. The van der Waals surface area contributed by atoms with Crippen LogP contribution in [0, 0.1) is 0 Å². The molecule has 0 aliphatic heterocycles. The molecule has 2 aromatic rings. The van der Waals surface area contributed by atoms with Gasteiger partial charge in [0, 0.05) is 31.6 Å². The minimum atomic E-state index is -3.36. The predicted octanol–water partition coefficient (Wildman–Crippen LogP) is 2.31. The molecule has 1 N–H and O–H groups in total. The Morgan fingerprint density at radius 2 is 1.68 bits per heavy atom. The molecule has 6 nitrogen and oxygen atoms in total. The van der Waals surface area contributed by atoms with E-state index in [1.807, 2.05) is 43.3 Å². The predicted molar refractivity (Wildman–Crippen MR) is 100.0 cm³/mol. The van der Waals surface area contributed by atoms with Gasteiger partial charge in [-0.3, -0.25) is 4.79 Å². The quantitative estimate of drug-likeness (QED) is 0.656. The van der Waals surface area contributed by atoms with Crippen LogP contribution in [-0.2, 0) is 9.84 Å². The molecule has 0 saturated heterocycles. The number of anilines is 1. The number of carbonyl (C=O) groups is 1. The lowest BCUT2D eigenvalue weighted by Gasteiger charge is -2.12. The van der Waals surface area contributed by atoms with E-state index in [0.29, 0.717) is 5.71 Å². The van der Waals surface area contributed by atoms with Crippen LogP contribution in [0.1, 0.15) is 22.8 Å². The monoisotopic (exact) mass is 359 g/mol. The zero-order chi connectivity index (χ0) is 18.6. The molecular formula is C18H21N3O3S. The topological polar surface area (TPSA) is 78.8 Å². The molecule has 0 fully saturated rings. The van der Waals surface area contributed by atoms with Crippen molar-refractivity contribution in [2.45, 2.75) is 11.8 Å². The Labute approximate surface area is 148 Å². The maximum Gasteiger partial charge on any atom is 0.271 e. The smallest absolute Gasteiger partial charge is 0.271 e. The largest absolute Gasteiger partial charge is 0.378 e. The van der Waals surface area contributed by atoms with E-state index in [1.54, 1.807) is 13.0 Å². The summed E-state index contributed by atoms with van der Waals surface area (Å²) in [4.78, 5) is 14.3. The van der Waals surface area contributed by atoms with Crippen molar-refractivity contribution in [1.29, 1.82) is 0 Å². The molecule has 1 amide bonds. The number of nitrogens with one attached hydrogen (secondary N) is 1. The van der Waals surface area contributed by atoms with E-state index >= 15 is 0 Å². The molecule has 0 heterocycles. The van der Waals surface area contributed by atoms with Crippen LogP contribution in [0.3, 0.4) is 0 Å². The number of carbonyl (C=O) groups excluding carboxylic acids is 1. The third-order valence-electron chi connectivity index (χ3n) is 3.65. The number of rotatable bonds is 5. The number of amides is 1. The zero-order valence-corrected chi connectivity index (χ0v) is 15.5. The van der Waals surface area contributed by atoms with Gasteiger partial charge < -0.3 is 4.90 Å². The Hall–Kier alpha value is -2.67. The van der Waals surface area contributed by atoms with Crippen molar-refractivity contribution >= 4 is 27.1 Å². The molecule has 2 rings (SSSR count). The van der Waals surface area contributed by atoms with Crippen LogP contribution in [0.5, 0.6) is 0 Å². The number of hydrogen-bond donors (Lipinski definition) is 1. The van der Waals surface area contributed by atoms with E-state index in [9.17, 15) is 13.2 Å². The highest BCUT2D eigenvalue weighted by atomic mass is 32.2. The van der Waals surface area contributed by atoms with Gasteiger partial charge in [0.05, 0.1) is 10.6 Å². The Balaban J connectivity index is 2.14. The molecule has 0 radical (unpaired) electrons. The number of sulfone groups is 1. The van der Waals surface area contributed by atoms with Crippen molar-refractivity contribution in [2.75, 3.05) is 25.3 Å². The molecule has 25 heavy (non-hydrogen) atoms. The fourth-order valence-corrected chi connectivity index (χ4v) is 2.80. The molecule has 0 atom stereocenters. The van der Waals surface area contributed by atoms with E-state index in [0.717, 1.165) is 17.5 Å². The molecule has 0 aliphatic carbocycles. The minimum absolute atomic E-state index is 0.0973. The van der Waals surface area contributed by atoms with Crippen LogP contribution in [0.15, 0.2) is 58.5 Å². The maximum atomic E-state index is 12.2. The van der Waals surface area contributed by atoms with E-state index < -0.39 is 15.7 Å². The molecule has 0 saturated carbocycles. The summed E-state index contributed by atoms with van der Waals surface area (Å²) in [6, 6.07) is 13.6. The number of hydrazone groups is 1. The maximum absolute atomic E-state index is 12.2. The Morgan fingerprint density at radius 1 is 1.04 bits per heavy atom. The second-order valence-corrected chi connectivity index (χ2v) is 7.90. The highest BCUT2D eigenvalue weighted by Crippen LogP contribution is 2.13. The van der Waals surface area contributed by atoms with Crippen molar-refractivity contribution < 1.29 is 13.2 Å². The standard InChI is InChI=1S/C18H21N3O3S/c1-13(14-8-10-16(11-9-14)21(2)3)19-20-18(22)15-6-5-7-17(12-15)25(4,23)24/h5-12H,1-4H3,(H,20,22). The summed E-state index contributed by atoms with van der Waals surface area (Å²) < 4.78 is 23.1. The SMILES string of the molecule is CC(=NNC(=O)c1cccc(S(C)(=O)=O)c1)c1ccc(N(C)C)cc1. The van der Waals surface area contributed by atoms with E-state index in [2.05, 4.69) is 10.5 Å². The summed E-state index contributed by atoms with van der Waals surface area (Å²) in [6.07, 6.45) is 1.10. The van der Waals surface area contributed by atoms with Crippen LogP contribution in [0.2, 0.25) is 0 Å². The Bertz CT molecular complexity index is 901. The average Bonchev–Trinajstić information content (AvgIpc) is 2.58. The average molecular weight is 359 g/mol. The number of hydrogen-bond acceptors (Lipinski definition) is 5. The molecule has 0 aliphatic rings. The first-order chi connectivity index (χ1) is 11.7. The molecule has 0 spiro atoms. The fraction of sp³-hybridized carbons (Fsp3) is 0.222. The number of benzene rings is 2. The lowest BCUT2D eigenvalue weighted by molar-refractivity contribution is 0.0954. The molecular weight excluding hydrogens is 338 g/mol. The van der Waals surface area contributed by atoms with Crippen LogP contribution in [0.4, 0.5) is 5.69 Å². The third kappa shape index (κ3) is 4.90. The lowest BCUT2D eigenvalue weighted by Crippen LogP contribution is -2.19. The van der Waals surface area contributed by atoms with Crippen molar-refractivity contribution in [3.63, 3.8) is 0 Å². The summed E-state index contributed by atoms with van der Waals surface area (Å²) in [7, 11) is 0.554. The van der Waals surface area contributed by atoms with Gasteiger partial charge in [-0.05, 0) is 42.8 Å². The molecule has 132 valence electrons. The summed E-state index contributed by atoms with van der Waals surface area (Å²) in [5.74, 6) is -0.463. The van der Waals surface area contributed by atoms with Gasteiger partial charge in [0.1, 0.15) is 0 Å². The van der Waals surface area contributed by atoms with Crippen molar-refractivity contribution in [1.82, 2.24) is 5.43 Å². The van der Waals surface area contributed by atoms with Crippen LogP contribution in [0.25, 0.3) is 0 Å². The summed E-state index contributed by atoms with van der Waals surface area (Å²) in [6.45, 7) is 1.79. The zero-order valence-electron chi connectivity index (χ0n) is 14.6. The molecule has 0 aromatic heterocycles. The van der Waals surface area contributed by atoms with Gasteiger partial charge in [-0.15, -0.1) is 0 Å². The van der Waals surface area contributed by atoms with Crippen molar-refractivity contribution in [2.24, 2.45) is 5.10 Å². The highest BCUT2D eigenvalue weighted by molar-refractivity contribution is 7.90. The highest BCUT2D eigenvalue weighted by Gasteiger charge is 2.11. The van der Waals surface area contributed by atoms with Crippen LogP contribution < -0.4 is 10.3 Å². The third-order valence-corrected chi connectivity index (χ3v) is 4.76. The Kier molecular flexibility index (Phi) is 5.58. The Morgan fingerprint density at radius 3 is 2.24 bits per heavy atom. The lowest BCUT2D eigenvalue weighted by atomic mass is 10.1. The van der Waals surface area contributed by atoms with Gasteiger partial charge in [0.2, 0.25) is 0 Å². The van der Waals surface area contributed by atoms with Gasteiger partial charge in [-0.1, -0.05) is 18.2 Å². The molecule has 7 heteroatoms. The first-order valence-electron chi connectivity index (χ1n) is 7.61. The van der Waals surface area contributed by atoms with E-state index in [4.69, 9.17) is 0 Å². The molecule has 0 bridgehead atoms. The van der Waals surface area contributed by atoms with E-state index in [1.165, 1.54) is 18.2 Å². The number of nitrogens with zero attached hydrogens (tertiary/aromatic N) is 2. The van der Waals surface area contributed by atoms with Crippen molar-refractivity contribution in [3.8, 4) is 0 Å². The van der Waals surface area contributed by atoms with Gasteiger partial charge in [-0.2, -0.15) is 5.10 Å². The van der Waals surface area contributed by atoms with Gasteiger partial charge >= 0.3 is 0 Å². The van der Waals surface area contributed by atoms with Gasteiger partial charge in [0.15, 0.2) is 9.84 Å².